The highest BCUT2D eigenvalue weighted by Crippen LogP contribution is 2.06. The molecule has 0 spiro atoms. The molecule has 0 aliphatic rings. The van der Waals surface area contributed by atoms with Crippen LogP contribution in [0.5, 0.6) is 0 Å². The van der Waals surface area contributed by atoms with Gasteiger partial charge in [0.15, 0.2) is 0 Å². The first-order valence-corrected chi connectivity index (χ1v) is 6.50. The molecule has 0 radical (unpaired) electrons. The highest BCUT2D eigenvalue weighted by molar-refractivity contribution is 5.94. The second-order valence-corrected chi connectivity index (χ2v) is 4.34. The Balaban J connectivity index is 1.79. The van der Waals surface area contributed by atoms with Crippen LogP contribution in [0.4, 0.5) is 0 Å². The Kier molecular flexibility index (Phi) is 4.33. The SMILES string of the molecule is CCn1ncc(C(=O)NCCCn2cccn2)c1C. The van der Waals surface area contributed by atoms with Crippen molar-refractivity contribution in [2.24, 2.45) is 0 Å². The van der Waals surface area contributed by atoms with Crippen molar-refractivity contribution in [3.63, 3.8) is 0 Å². The normalized spacial score (nSPS) is 10.6. The lowest BCUT2D eigenvalue weighted by molar-refractivity contribution is 0.0952. The molecule has 2 aromatic heterocycles. The third-order valence-electron chi connectivity index (χ3n) is 3.06. The van der Waals surface area contributed by atoms with Gasteiger partial charge in [-0.15, -0.1) is 0 Å². The molecule has 0 bridgehead atoms. The summed E-state index contributed by atoms with van der Waals surface area (Å²) in [7, 11) is 0. The summed E-state index contributed by atoms with van der Waals surface area (Å²) in [5, 5.41) is 11.2. The minimum atomic E-state index is -0.0577. The Hall–Kier alpha value is -2.11. The smallest absolute Gasteiger partial charge is 0.254 e. The van der Waals surface area contributed by atoms with Crippen molar-refractivity contribution in [1.29, 1.82) is 0 Å². The van der Waals surface area contributed by atoms with Gasteiger partial charge in [0.05, 0.1) is 11.8 Å². The van der Waals surface area contributed by atoms with Gasteiger partial charge >= 0.3 is 0 Å². The summed E-state index contributed by atoms with van der Waals surface area (Å²) in [4.78, 5) is 12.0. The summed E-state index contributed by atoms with van der Waals surface area (Å²) >= 11 is 0. The van der Waals surface area contributed by atoms with E-state index in [1.807, 2.05) is 35.5 Å². The van der Waals surface area contributed by atoms with Gasteiger partial charge in [-0.2, -0.15) is 10.2 Å². The van der Waals surface area contributed by atoms with Gasteiger partial charge in [0.2, 0.25) is 0 Å². The molecule has 0 aliphatic heterocycles. The van der Waals surface area contributed by atoms with Crippen LogP contribution in [0.1, 0.15) is 29.4 Å². The van der Waals surface area contributed by atoms with Crippen molar-refractivity contribution in [3.8, 4) is 0 Å². The zero-order valence-electron chi connectivity index (χ0n) is 11.3. The molecule has 0 unspecified atom stereocenters. The molecule has 6 heteroatoms. The highest BCUT2D eigenvalue weighted by Gasteiger charge is 2.12. The first kappa shape index (κ1) is 13.3. The van der Waals surface area contributed by atoms with E-state index in [-0.39, 0.29) is 5.91 Å². The Morgan fingerprint density at radius 2 is 2.26 bits per heavy atom. The van der Waals surface area contributed by atoms with E-state index in [0.717, 1.165) is 25.2 Å². The zero-order chi connectivity index (χ0) is 13.7. The standard InChI is InChI=1S/C13H19N5O/c1-3-18-11(2)12(10-16-18)13(19)14-6-4-8-17-9-5-7-15-17/h5,7,9-10H,3-4,6,8H2,1-2H3,(H,14,19). The van der Waals surface area contributed by atoms with Crippen LogP contribution in [0.3, 0.4) is 0 Å². The summed E-state index contributed by atoms with van der Waals surface area (Å²) in [6.45, 7) is 6.13. The molecule has 2 rings (SSSR count). The number of nitrogens with one attached hydrogen (secondary N) is 1. The molecule has 0 saturated carbocycles. The van der Waals surface area contributed by atoms with E-state index in [1.54, 1.807) is 12.4 Å². The number of carbonyl (C=O) groups is 1. The molecule has 0 atom stereocenters. The lowest BCUT2D eigenvalue weighted by Gasteiger charge is -2.05. The molecule has 19 heavy (non-hydrogen) atoms. The van der Waals surface area contributed by atoms with Gasteiger partial charge in [-0.3, -0.25) is 14.2 Å². The van der Waals surface area contributed by atoms with Crippen molar-refractivity contribution < 1.29 is 4.79 Å². The van der Waals surface area contributed by atoms with Crippen LogP contribution < -0.4 is 5.32 Å². The van der Waals surface area contributed by atoms with Crippen molar-refractivity contribution in [3.05, 3.63) is 35.9 Å². The molecule has 0 saturated heterocycles. The number of nitrogens with zero attached hydrogens (tertiary/aromatic N) is 4. The Morgan fingerprint density at radius 3 is 2.89 bits per heavy atom. The Labute approximate surface area is 112 Å². The van der Waals surface area contributed by atoms with Crippen LogP contribution in [0.25, 0.3) is 0 Å². The Bertz CT molecular complexity index is 529. The minimum Gasteiger partial charge on any atom is -0.352 e. The quantitative estimate of drug-likeness (QED) is 0.795. The molecular weight excluding hydrogens is 242 g/mol. The topological polar surface area (TPSA) is 64.7 Å². The number of carbonyl (C=O) groups excluding carboxylic acids is 1. The Morgan fingerprint density at radius 1 is 1.42 bits per heavy atom. The van der Waals surface area contributed by atoms with E-state index in [2.05, 4.69) is 15.5 Å². The van der Waals surface area contributed by atoms with E-state index in [1.165, 1.54) is 0 Å². The average molecular weight is 261 g/mol. The van der Waals surface area contributed by atoms with Gasteiger partial charge in [0.25, 0.3) is 5.91 Å². The van der Waals surface area contributed by atoms with Crippen molar-refractivity contribution >= 4 is 5.91 Å². The molecular formula is C13H19N5O. The van der Waals surface area contributed by atoms with Crippen LogP contribution in [0.2, 0.25) is 0 Å². The number of hydrogen-bond acceptors (Lipinski definition) is 3. The zero-order valence-corrected chi connectivity index (χ0v) is 11.3. The van der Waals surface area contributed by atoms with Crippen LogP contribution in [-0.2, 0) is 13.1 Å². The fourth-order valence-corrected chi connectivity index (χ4v) is 1.96. The number of hydrogen-bond donors (Lipinski definition) is 1. The van der Waals surface area contributed by atoms with E-state index < -0.39 is 0 Å². The van der Waals surface area contributed by atoms with Crippen LogP contribution in [0.15, 0.2) is 24.7 Å². The van der Waals surface area contributed by atoms with E-state index in [0.29, 0.717) is 12.1 Å². The predicted molar refractivity (Wildman–Crippen MR) is 71.8 cm³/mol. The maximum atomic E-state index is 12.0. The maximum Gasteiger partial charge on any atom is 0.254 e. The van der Waals surface area contributed by atoms with Crippen molar-refractivity contribution in [2.45, 2.75) is 33.4 Å². The third-order valence-corrected chi connectivity index (χ3v) is 3.06. The second-order valence-electron chi connectivity index (χ2n) is 4.34. The first-order valence-electron chi connectivity index (χ1n) is 6.50. The van der Waals surface area contributed by atoms with Crippen LogP contribution >= 0.6 is 0 Å². The molecule has 102 valence electrons. The molecule has 1 amide bonds. The van der Waals surface area contributed by atoms with Gasteiger partial charge in [0, 0.05) is 37.7 Å². The largest absolute Gasteiger partial charge is 0.352 e. The van der Waals surface area contributed by atoms with Gasteiger partial charge in [-0.25, -0.2) is 0 Å². The lowest BCUT2D eigenvalue weighted by Crippen LogP contribution is -2.25. The number of aromatic nitrogens is 4. The fraction of sp³-hybridized carbons (Fsp3) is 0.462. The monoisotopic (exact) mass is 261 g/mol. The summed E-state index contributed by atoms with van der Waals surface area (Å²) in [6.07, 6.45) is 6.15. The van der Waals surface area contributed by atoms with E-state index in [9.17, 15) is 4.79 Å². The minimum absolute atomic E-state index is 0.0577. The maximum absolute atomic E-state index is 12.0. The molecule has 0 aromatic carbocycles. The number of aryl methyl sites for hydroxylation is 2. The average Bonchev–Trinajstić information content (AvgIpc) is 3.03. The van der Waals surface area contributed by atoms with Gasteiger partial charge in [-0.05, 0) is 26.3 Å². The van der Waals surface area contributed by atoms with Gasteiger partial charge in [-0.1, -0.05) is 0 Å². The van der Waals surface area contributed by atoms with Crippen LogP contribution in [0, 0.1) is 6.92 Å². The fourth-order valence-electron chi connectivity index (χ4n) is 1.96. The molecule has 0 aliphatic carbocycles. The second kappa shape index (κ2) is 6.17. The van der Waals surface area contributed by atoms with Crippen molar-refractivity contribution in [2.75, 3.05) is 6.54 Å². The predicted octanol–water partition coefficient (Wildman–Crippen LogP) is 1.23. The molecule has 2 aromatic rings. The van der Waals surface area contributed by atoms with Crippen LogP contribution in [-0.4, -0.2) is 32.0 Å². The third kappa shape index (κ3) is 3.21. The van der Waals surface area contributed by atoms with E-state index in [4.69, 9.17) is 0 Å². The molecule has 6 nitrogen and oxygen atoms in total. The summed E-state index contributed by atoms with van der Waals surface area (Å²) < 4.78 is 3.67. The molecule has 0 fully saturated rings. The summed E-state index contributed by atoms with van der Waals surface area (Å²) in [6, 6.07) is 1.89. The number of amides is 1. The number of rotatable bonds is 6. The first-order chi connectivity index (χ1) is 9.22. The van der Waals surface area contributed by atoms with Crippen molar-refractivity contribution in [1.82, 2.24) is 24.9 Å². The van der Waals surface area contributed by atoms with Gasteiger partial charge < -0.3 is 5.32 Å². The summed E-state index contributed by atoms with van der Waals surface area (Å²) in [5.41, 5.74) is 1.56. The summed E-state index contributed by atoms with van der Waals surface area (Å²) in [5.74, 6) is -0.0577. The molecule has 2 heterocycles. The van der Waals surface area contributed by atoms with Gasteiger partial charge in [0.1, 0.15) is 0 Å². The lowest BCUT2D eigenvalue weighted by atomic mass is 10.2. The highest BCUT2D eigenvalue weighted by atomic mass is 16.1. The van der Waals surface area contributed by atoms with E-state index >= 15 is 0 Å². The molecule has 1 N–H and O–H groups in total.